The molecule has 0 radical (unpaired) electrons. The maximum absolute atomic E-state index is 10.7. The second-order valence-electron chi connectivity index (χ2n) is 30.5. The van der Waals surface area contributed by atoms with Crippen LogP contribution >= 0.6 is 0 Å². The Morgan fingerprint density at radius 1 is 0.250 bits per heavy atom. The fraction of sp³-hybridized carbons (Fsp3) is 0.220. The predicted molar refractivity (Wildman–Crippen MR) is 453 cm³/mol. The quantitative estimate of drug-likeness (QED) is 0.0377. The zero-order valence-corrected chi connectivity index (χ0v) is 65.3. The van der Waals surface area contributed by atoms with Gasteiger partial charge in [0, 0.05) is 117 Å². The van der Waals surface area contributed by atoms with Gasteiger partial charge in [-0.05, 0) is 173 Å². The molecule has 16 heteroatoms. The monoisotopic (exact) mass is 1560 g/mol. The molecule has 16 nitrogen and oxygen atoms in total. The Labute approximate surface area is 676 Å². The second kappa shape index (κ2) is 37.1. The van der Waals surface area contributed by atoms with Crippen molar-refractivity contribution >= 4 is 0 Å². The van der Waals surface area contributed by atoms with E-state index >= 15 is 0 Å². The summed E-state index contributed by atoms with van der Waals surface area (Å²) in [6, 6.07) is 74.6. The fourth-order valence-corrected chi connectivity index (χ4v) is 16.5. The van der Waals surface area contributed by atoms with Gasteiger partial charge >= 0.3 is 0 Å². The van der Waals surface area contributed by atoms with Crippen molar-refractivity contribution in [2.24, 2.45) is 0 Å². The van der Waals surface area contributed by atoms with Crippen molar-refractivity contribution in [1.29, 1.82) is 0 Å². The first kappa shape index (κ1) is 82.1. The van der Waals surface area contributed by atoms with Gasteiger partial charge in [-0.1, -0.05) is 216 Å². The van der Waals surface area contributed by atoms with Crippen molar-refractivity contribution in [2.75, 3.05) is 0 Å². The van der Waals surface area contributed by atoms with Crippen LogP contribution in [-0.2, 0) is 0 Å². The maximum atomic E-state index is 10.7. The summed E-state index contributed by atoms with van der Waals surface area (Å²) in [4.78, 5) is 0. The molecule has 596 valence electrons. The molecular formula is C100H100O16. The summed E-state index contributed by atoms with van der Waals surface area (Å²) in [5, 5.41) is 162. The van der Waals surface area contributed by atoms with Crippen molar-refractivity contribution in [3.8, 4) is 103 Å². The highest BCUT2D eigenvalue weighted by molar-refractivity contribution is 5.66. The number of aromatic hydroxyl groups is 16. The average Bonchev–Trinajstić information content (AvgIpc) is 0.779. The smallest absolute Gasteiger partial charge is 0.123 e. The first-order chi connectivity index (χ1) is 55.8. The number of phenolic OH excluding ortho intramolecular Hbond substituents is 16. The molecule has 0 amide bonds. The number of hydrogen-bond donors (Lipinski definition) is 16. The summed E-state index contributed by atoms with van der Waals surface area (Å²) in [7, 11) is 0. The molecule has 0 aromatic heterocycles. The Bertz CT molecular complexity index is 5310. The van der Waals surface area contributed by atoms with E-state index in [2.05, 4.69) is 64.1 Å². The number of phenols is 16. The zero-order chi connectivity index (χ0) is 82.4. The van der Waals surface area contributed by atoms with E-state index in [1.54, 1.807) is 48.5 Å². The molecule has 2 fully saturated rings. The minimum atomic E-state index is -0.485. The summed E-state index contributed by atoms with van der Waals surface area (Å²) in [5.74, 6) is -0.823. The summed E-state index contributed by atoms with van der Waals surface area (Å²) in [6.07, 6.45) is 13.7. The molecule has 0 spiro atoms. The number of benzene rings is 13. The van der Waals surface area contributed by atoms with E-state index in [1.807, 2.05) is 78.9 Å². The maximum Gasteiger partial charge on any atom is 0.123 e. The largest absolute Gasteiger partial charge is 0.508 e. The Morgan fingerprint density at radius 2 is 0.517 bits per heavy atom. The number of aryl methyl sites for hydroxylation is 2. The minimum Gasteiger partial charge on any atom is -0.508 e. The van der Waals surface area contributed by atoms with Gasteiger partial charge in [0.15, 0.2) is 0 Å². The highest BCUT2D eigenvalue weighted by Gasteiger charge is 2.31. The summed E-state index contributed by atoms with van der Waals surface area (Å²) >= 11 is 0. The van der Waals surface area contributed by atoms with Crippen molar-refractivity contribution in [3.05, 3.63) is 355 Å². The lowest BCUT2D eigenvalue weighted by atomic mass is 9.77. The first-order valence-corrected chi connectivity index (χ1v) is 39.4. The lowest BCUT2D eigenvalue weighted by Crippen LogP contribution is -2.10. The predicted octanol–water partition coefficient (Wildman–Crippen LogP) is 22.6. The highest BCUT2D eigenvalue weighted by Crippen LogP contribution is 2.50. The van der Waals surface area contributed by atoms with E-state index in [9.17, 15) is 81.7 Å². The van der Waals surface area contributed by atoms with Crippen molar-refractivity contribution < 1.29 is 81.7 Å². The van der Waals surface area contributed by atoms with Crippen LogP contribution in [0.15, 0.2) is 261 Å². The topological polar surface area (TPSA) is 324 Å². The van der Waals surface area contributed by atoms with E-state index < -0.39 is 23.7 Å². The number of rotatable bonds is 17. The van der Waals surface area contributed by atoms with Crippen LogP contribution in [0, 0.1) is 13.8 Å². The van der Waals surface area contributed by atoms with Crippen LogP contribution in [-0.4, -0.2) is 81.7 Å². The molecule has 13 aromatic carbocycles. The van der Waals surface area contributed by atoms with Crippen LogP contribution in [0.1, 0.15) is 220 Å². The van der Waals surface area contributed by atoms with Crippen LogP contribution < -0.4 is 0 Å². The molecule has 16 N–H and O–H groups in total. The van der Waals surface area contributed by atoms with Gasteiger partial charge in [-0.2, -0.15) is 0 Å². The lowest BCUT2D eigenvalue weighted by Gasteiger charge is -2.27. The molecule has 1 atom stereocenters. The standard InChI is InChI=1S/C27H30O4.C25H26O4.C25H20O4.C23H24O4/c1-16-13-24(17(2)12-23(16)18-6-4-3-5-7-18)27(21-10-8-19(28)14-25(21)30)22-11-9-20(29)15-26(22)31;2*26-19-10-12-21(23(28)14-19)25(22-13-11-20(27)15-24(22)29)18-8-6-17(7-9-18)16-4-2-1-3-5-16;1-3-14(2)15-4-6-16(7-5-15)23(19-10-8-17(24)12-21(19)26)20-11-9-18(25)13-22(20)27/h8-15,18,27-31H,3-7H2,1-2H3;6-16,25-29H,1-5H2;1-15,25-29H;4-14,23-27H,3H2,1-2H3. The summed E-state index contributed by atoms with van der Waals surface area (Å²) < 4.78 is 0. The van der Waals surface area contributed by atoms with Crippen LogP contribution in [0.3, 0.4) is 0 Å². The Kier molecular flexibility index (Phi) is 26.3. The third-order valence-electron chi connectivity index (χ3n) is 22.8. The first-order valence-electron chi connectivity index (χ1n) is 39.4. The summed E-state index contributed by atoms with van der Waals surface area (Å²) in [5.41, 5.74) is 16.6. The van der Waals surface area contributed by atoms with Crippen molar-refractivity contribution in [2.45, 2.75) is 140 Å². The molecule has 13 aromatic rings. The van der Waals surface area contributed by atoms with Crippen LogP contribution in [0.25, 0.3) is 11.1 Å². The van der Waals surface area contributed by atoms with Gasteiger partial charge in [-0.15, -0.1) is 0 Å². The minimum absolute atomic E-state index is 0.0181. The second-order valence-corrected chi connectivity index (χ2v) is 30.5. The Morgan fingerprint density at radius 3 is 0.819 bits per heavy atom. The number of hydrogen-bond acceptors (Lipinski definition) is 16. The Hall–Kier alpha value is -13.3. The van der Waals surface area contributed by atoms with E-state index in [0.717, 1.165) is 45.4 Å². The third-order valence-corrected chi connectivity index (χ3v) is 22.8. The molecule has 2 aliphatic rings. The molecule has 0 heterocycles. The van der Waals surface area contributed by atoms with Crippen LogP contribution in [0.2, 0.25) is 0 Å². The molecule has 0 aliphatic heterocycles. The van der Waals surface area contributed by atoms with E-state index in [-0.39, 0.29) is 92.0 Å². The van der Waals surface area contributed by atoms with Crippen molar-refractivity contribution in [3.63, 3.8) is 0 Å². The van der Waals surface area contributed by atoms with Crippen LogP contribution in [0.5, 0.6) is 92.0 Å². The average molecular weight is 1560 g/mol. The molecule has 0 bridgehead atoms. The zero-order valence-electron chi connectivity index (χ0n) is 65.3. The normalized spacial score (nSPS) is 13.3. The molecule has 1 unspecified atom stereocenters. The fourth-order valence-electron chi connectivity index (χ4n) is 16.5. The Balaban J connectivity index is 0.000000143. The summed E-state index contributed by atoms with van der Waals surface area (Å²) in [6.45, 7) is 8.52. The van der Waals surface area contributed by atoms with E-state index in [0.29, 0.717) is 62.3 Å². The van der Waals surface area contributed by atoms with Gasteiger partial charge in [0.2, 0.25) is 0 Å². The van der Waals surface area contributed by atoms with Gasteiger partial charge < -0.3 is 81.7 Å². The highest BCUT2D eigenvalue weighted by atomic mass is 16.3. The third kappa shape index (κ3) is 19.5. The van der Waals surface area contributed by atoms with E-state index in [4.69, 9.17) is 0 Å². The lowest BCUT2D eigenvalue weighted by molar-refractivity contribution is 0.437. The van der Waals surface area contributed by atoms with Gasteiger partial charge in [0.05, 0.1) is 0 Å². The van der Waals surface area contributed by atoms with Gasteiger partial charge in [-0.25, -0.2) is 0 Å². The van der Waals surface area contributed by atoms with E-state index in [1.165, 1.54) is 184 Å². The molecule has 2 aliphatic carbocycles. The molecule has 0 saturated heterocycles. The molecule has 15 rings (SSSR count). The molecular weight excluding hydrogens is 1460 g/mol. The molecule has 2 saturated carbocycles. The van der Waals surface area contributed by atoms with Crippen molar-refractivity contribution in [1.82, 2.24) is 0 Å². The van der Waals surface area contributed by atoms with Crippen LogP contribution in [0.4, 0.5) is 0 Å². The van der Waals surface area contributed by atoms with Gasteiger partial charge in [-0.3, -0.25) is 0 Å². The van der Waals surface area contributed by atoms with Gasteiger partial charge in [0.25, 0.3) is 0 Å². The van der Waals surface area contributed by atoms with Gasteiger partial charge in [0.1, 0.15) is 92.0 Å². The SMILES string of the molecule is CCC(C)c1ccc(C(c2ccc(O)cc2O)c2ccc(O)cc2O)cc1.Cc1cc(C(c2ccc(O)cc2O)c2ccc(O)cc2O)c(C)cc1C1CCCCC1.Oc1ccc(C(c2ccc(-c3ccccc3)cc2)c2ccc(O)cc2O)c(O)c1.Oc1ccc(C(c2ccc(C3CCCCC3)cc2)c2ccc(O)cc2O)c(O)c1. The molecule has 116 heavy (non-hydrogen) atoms.